The van der Waals surface area contributed by atoms with Gasteiger partial charge in [0.2, 0.25) is 0 Å². The third kappa shape index (κ3) is 4.65. The summed E-state index contributed by atoms with van der Waals surface area (Å²) in [5.41, 5.74) is -1.88. The third-order valence-electron chi connectivity index (χ3n) is 3.30. The Bertz CT molecular complexity index is 932. The van der Waals surface area contributed by atoms with E-state index in [1.807, 2.05) is 0 Å². The van der Waals surface area contributed by atoms with Crippen molar-refractivity contribution in [1.82, 2.24) is 0 Å². The van der Waals surface area contributed by atoms with E-state index < -0.39 is 54.8 Å². The normalized spacial score (nSPS) is 10.3. The van der Waals surface area contributed by atoms with Crippen LogP contribution in [0.25, 0.3) is 0 Å². The Labute approximate surface area is 156 Å². The SMILES string of the molecule is O=C(O)c1ccc(O[PH](=O)Oc2ccc(C(=O)O)cc2C(=O)O)c(C(=O)O)c1. The second-order valence-electron chi connectivity index (χ2n) is 5.10. The molecular formula is C16H11O11P. The Morgan fingerprint density at radius 1 is 0.643 bits per heavy atom. The van der Waals surface area contributed by atoms with Crippen LogP contribution >= 0.6 is 8.25 Å². The van der Waals surface area contributed by atoms with E-state index in [1.54, 1.807) is 0 Å². The van der Waals surface area contributed by atoms with Crippen molar-refractivity contribution in [3.05, 3.63) is 58.7 Å². The fourth-order valence-corrected chi connectivity index (χ4v) is 2.80. The Morgan fingerprint density at radius 2 is 1.00 bits per heavy atom. The highest BCUT2D eigenvalue weighted by Crippen LogP contribution is 2.35. The van der Waals surface area contributed by atoms with Crippen LogP contribution in [-0.2, 0) is 4.57 Å². The van der Waals surface area contributed by atoms with Gasteiger partial charge in [0, 0.05) is 0 Å². The van der Waals surface area contributed by atoms with Crippen LogP contribution in [0.3, 0.4) is 0 Å². The van der Waals surface area contributed by atoms with Gasteiger partial charge in [0.25, 0.3) is 0 Å². The average Bonchev–Trinajstić information content (AvgIpc) is 2.61. The van der Waals surface area contributed by atoms with E-state index in [9.17, 15) is 23.7 Å². The van der Waals surface area contributed by atoms with Crippen LogP contribution in [0.5, 0.6) is 11.5 Å². The summed E-state index contributed by atoms with van der Waals surface area (Å²) in [7, 11) is -3.54. The molecule has 2 aromatic carbocycles. The fourth-order valence-electron chi connectivity index (χ4n) is 2.04. The average molecular weight is 410 g/mol. The molecule has 0 amide bonds. The van der Waals surface area contributed by atoms with Crippen molar-refractivity contribution in [2.24, 2.45) is 0 Å². The number of carboxylic acids is 4. The molecule has 0 fully saturated rings. The van der Waals surface area contributed by atoms with Crippen molar-refractivity contribution < 1.29 is 53.2 Å². The molecule has 0 aliphatic heterocycles. The molecule has 2 rings (SSSR count). The van der Waals surface area contributed by atoms with Crippen LogP contribution in [0.1, 0.15) is 41.4 Å². The molecule has 0 bridgehead atoms. The number of benzene rings is 2. The predicted octanol–water partition coefficient (Wildman–Crippen LogP) is 2.33. The van der Waals surface area contributed by atoms with Crippen LogP contribution in [0.15, 0.2) is 36.4 Å². The van der Waals surface area contributed by atoms with E-state index >= 15 is 0 Å². The summed E-state index contributed by atoms with van der Waals surface area (Å²) in [6, 6.07) is 5.54. The highest BCUT2D eigenvalue weighted by Gasteiger charge is 2.20. The predicted molar refractivity (Wildman–Crippen MR) is 91.0 cm³/mol. The summed E-state index contributed by atoms with van der Waals surface area (Å²) in [4.78, 5) is 44.3. The second-order valence-corrected chi connectivity index (χ2v) is 6.00. The number of aromatic carboxylic acids is 4. The monoisotopic (exact) mass is 410 g/mol. The summed E-state index contributed by atoms with van der Waals surface area (Å²) in [6.07, 6.45) is 0. The third-order valence-corrected chi connectivity index (χ3v) is 4.07. The van der Waals surface area contributed by atoms with E-state index in [-0.39, 0.29) is 11.1 Å². The molecule has 0 aliphatic carbocycles. The molecule has 146 valence electrons. The Kier molecular flexibility index (Phi) is 6.01. The molecule has 0 radical (unpaired) electrons. The van der Waals surface area contributed by atoms with Gasteiger partial charge in [0.15, 0.2) is 0 Å². The number of carboxylic acid groups (broad SMARTS) is 4. The quantitative estimate of drug-likeness (QED) is 0.468. The maximum absolute atomic E-state index is 12.1. The molecule has 0 unspecified atom stereocenters. The molecule has 0 saturated heterocycles. The summed E-state index contributed by atoms with van der Waals surface area (Å²) >= 11 is 0. The lowest BCUT2D eigenvalue weighted by molar-refractivity contribution is 0.0675. The molecule has 0 atom stereocenters. The highest BCUT2D eigenvalue weighted by atomic mass is 31.1. The summed E-state index contributed by atoms with van der Waals surface area (Å²) in [5.74, 6) is -6.79. The lowest BCUT2D eigenvalue weighted by Crippen LogP contribution is -2.06. The minimum Gasteiger partial charge on any atom is -0.478 e. The van der Waals surface area contributed by atoms with Crippen molar-refractivity contribution in [1.29, 1.82) is 0 Å². The number of hydrogen-bond donors (Lipinski definition) is 4. The van der Waals surface area contributed by atoms with Crippen LogP contribution in [0, 0.1) is 0 Å². The van der Waals surface area contributed by atoms with Crippen LogP contribution < -0.4 is 9.05 Å². The summed E-state index contributed by atoms with van der Waals surface area (Å²) < 4.78 is 21.9. The van der Waals surface area contributed by atoms with E-state index in [0.717, 1.165) is 36.4 Å². The van der Waals surface area contributed by atoms with Crippen molar-refractivity contribution in [2.45, 2.75) is 0 Å². The Hall–Kier alpha value is -3.85. The maximum Gasteiger partial charge on any atom is 0.419 e. The van der Waals surface area contributed by atoms with Crippen LogP contribution in [0.2, 0.25) is 0 Å². The zero-order chi connectivity index (χ0) is 21.0. The molecule has 0 spiro atoms. The van der Waals surface area contributed by atoms with Gasteiger partial charge in [-0.15, -0.1) is 0 Å². The Balaban J connectivity index is 2.30. The minimum absolute atomic E-state index is 0.345. The van der Waals surface area contributed by atoms with E-state index in [4.69, 9.17) is 29.5 Å². The summed E-state index contributed by atoms with van der Waals surface area (Å²) in [6.45, 7) is 0. The first-order chi connectivity index (χ1) is 13.1. The summed E-state index contributed by atoms with van der Waals surface area (Å²) in [5, 5.41) is 36.1. The van der Waals surface area contributed by atoms with Gasteiger partial charge in [-0.1, -0.05) is 0 Å². The van der Waals surface area contributed by atoms with Crippen LogP contribution in [0.4, 0.5) is 0 Å². The molecule has 2 aromatic rings. The second kappa shape index (κ2) is 8.23. The Morgan fingerprint density at radius 3 is 1.29 bits per heavy atom. The van der Waals surface area contributed by atoms with Crippen molar-refractivity contribution in [3.63, 3.8) is 0 Å². The molecule has 0 aromatic heterocycles. The minimum atomic E-state index is -3.54. The number of rotatable bonds is 8. The van der Waals surface area contributed by atoms with Gasteiger partial charge >= 0.3 is 32.1 Å². The molecule has 0 aliphatic rings. The zero-order valence-electron chi connectivity index (χ0n) is 13.6. The first-order valence-corrected chi connectivity index (χ1v) is 8.43. The fraction of sp³-hybridized carbons (Fsp3) is 0. The molecule has 0 saturated carbocycles. The zero-order valence-corrected chi connectivity index (χ0v) is 14.6. The molecule has 0 heterocycles. The van der Waals surface area contributed by atoms with Gasteiger partial charge in [-0.05, 0) is 36.4 Å². The van der Waals surface area contributed by atoms with Crippen molar-refractivity contribution in [3.8, 4) is 11.5 Å². The molecule has 11 nitrogen and oxygen atoms in total. The van der Waals surface area contributed by atoms with Gasteiger partial charge in [-0.25, -0.2) is 23.7 Å². The first-order valence-electron chi connectivity index (χ1n) is 7.21. The van der Waals surface area contributed by atoms with E-state index in [0.29, 0.717) is 0 Å². The lowest BCUT2D eigenvalue weighted by atomic mass is 10.1. The molecule has 12 heteroatoms. The van der Waals surface area contributed by atoms with Gasteiger partial charge < -0.3 is 29.5 Å². The van der Waals surface area contributed by atoms with E-state index in [2.05, 4.69) is 0 Å². The first kappa shape index (κ1) is 20.5. The van der Waals surface area contributed by atoms with Crippen molar-refractivity contribution in [2.75, 3.05) is 0 Å². The molecular weight excluding hydrogens is 399 g/mol. The molecule has 28 heavy (non-hydrogen) atoms. The van der Waals surface area contributed by atoms with Gasteiger partial charge in [0.1, 0.15) is 22.6 Å². The molecule has 4 N–H and O–H groups in total. The standard InChI is InChI=1S/C16H11O11P/c17-13(18)7-1-3-11(9(5-7)15(21)22)26-28(25)27-12-4-2-8(14(19)20)6-10(12)16(23)24/h1-6,28H,(H,17,18)(H,19,20)(H,21,22)(H,23,24). The van der Waals surface area contributed by atoms with Crippen molar-refractivity contribution >= 4 is 32.1 Å². The van der Waals surface area contributed by atoms with Crippen LogP contribution in [-0.4, -0.2) is 44.3 Å². The smallest absolute Gasteiger partial charge is 0.419 e. The topological polar surface area (TPSA) is 185 Å². The maximum atomic E-state index is 12.1. The van der Waals surface area contributed by atoms with Gasteiger partial charge in [-0.2, -0.15) is 0 Å². The number of hydrogen-bond acceptors (Lipinski definition) is 7. The van der Waals surface area contributed by atoms with E-state index in [1.165, 1.54) is 0 Å². The highest BCUT2D eigenvalue weighted by molar-refractivity contribution is 7.34. The number of carbonyl (C=O) groups is 4. The lowest BCUT2D eigenvalue weighted by Gasteiger charge is -2.12. The van der Waals surface area contributed by atoms with Gasteiger partial charge in [0.05, 0.1) is 11.1 Å². The largest absolute Gasteiger partial charge is 0.478 e. The van der Waals surface area contributed by atoms with Gasteiger partial charge in [-0.3, -0.25) is 0 Å².